The maximum Gasteiger partial charge on any atom is 0.246 e. The van der Waals surface area contributed by atoms with Gasteiger partial charge >= 0.3 is 0 Å². The summed E-state index contributed by atoms with van der Waals surface area (Å²) in [4.78, 5) is 12.3. The Kier molecular flexibility index (Phi) is 4.52. The first-order valence-electron chi connectivity index (χ1n) is 7.63. The first-order valence-corrected chi connectivity index (χ1v) is 7.63. The average Bonchev–Trinajstić information content (AvgIpc) is 2.62. The van der Waals surface area contributed by atoms with E-state index in [0.29, 0.717) is 36.0 Å². The first kappa shape index (κ1) is 15.7. The minimum Gasteiger partial charge on any atom is -0.486 e. The lowest BCUT2D eigenvalue weighted by atomic mass is 10.2. The molecule has 1 aliphatic heterocycles. The highest BCUT2D eigenvalue weighted by atomic mass is 16.6. The molecule has 0 unspecified atom stereocenters. The molecule has 1 atom stereocenters. The van der Waals surface area contributed by atoms with Crippen molar-refractivity contribution in [2.75, 3.05) is 23.8 Å². The van der Waals surface area contributed by atoms with Crippen LogP contribution in [0.4, 0.5) is 11.4 Å². The van der Waals surface area contributed by atoms with Crippen LogP contribution < -0.4 is 20.1 Å². The topological polar surface area (TPSA) is 83.4 Å². The summed E-state index contributed by atoms with van der Waals surface area (Å²) < 4.78 is 11.0. The smallest absolute Gasteiger partial charge is 0.246 e. The summed E-state index contributed by atoms with van der Waals surface area (Å²) in [6.45, 7) is 2.84. The van der Waals surface area contributed by atoms with Crippen LogP contribution in [0.25, 0.3) is 0 Å². The van der Waals surface area contributed by atoms with Crippen molar-refractivity contribution in [3.63, 3.8) is 0 Å². The van der Waals surface area contributed by atoms with Gasteiger partial charge in [0.1, 0.15) is 19.3 Å². The average molecular weight is 323 g/mol. The highest BCUT2D eigenvalue weighted by Gasteiger charge is 2.16. The third kappa shape index (κ3) is 3.58. The summed E-state index contributed by atoms with van der Waals surface area (Å²) in [5, 5.41) is 14.7. The van der Waals surface area contributed by atoms with Gasteiger partial charge in [0.2, 0.25) is 5.91 Å². The van der Waals surface area contributed by atoms with E-state index >= 15 is 0 Å². The number of nitrogens with zero attached hydrogens (tertiary/aromatic N) is 1. The molecule has 0 spiro atoms. The third-order valence-corrected chi connectivity index (χ3v) is 3.60. The Hall–Kier alpha value is -3.20. The molecule has 0 aliphatic carbocycles. The number of carbonyl (C=O) groups excluding carboxylic acids is 1. The zero-order chi connectivity index (χ0) is 16.9. The summed E-state index contributed by atoms with van der Waals surface area (Å²) in [5.74, 6) is 1.21. The van der Waals surface area contributed by atoms with Crippen molar-refractivity contribution in [2.45, 2.75) is 13.0 Å². The van der Waals surface area contributed by atoms with E-state index in [0.717, 1.165) is 5.69 Å². The molecule has 0 fully saturated rings. The number of ether oxygens (including phenoxy) is 2. The summed E-state index contributed by atoms with van der Waals surface area (Å²) in [5.41, 5.74) is 1.98. The van der Waals surface area contributed by atoms with Crippen molar-refractivity contribution in [1.82, 2.24) is 0 Å². The largest absolute Gasteiger partial charge is 0.486 e. The van der Waals surface area contributed by atoms with E-state index in [1.807, 2.05) is 24.3 Å². The number of fused-ring (bicyclic) bond motifs is 1. The molecule has 0 saturated heterocycles. The van der Waals surface area contributed by atoms with Gasteiger partial charge in [0.05, 0.1) is 11.6 Å². The van der Waals surface area contributed by atoms with Gasteiger partial charge in [0.25, 0.3) is 0 Å². The van der Waals surface area contributed by atoms with Crippen LogP contribution in [0.2, 0.25) is 0 Å². The second-order valence-corrected chi connectivity index (χ2v) is 5.40. The maximum atomic E-state index is 12.3. The van der Waals surface area contributed by atoms with Crippen LogP contribution in [0, 0.1) is 11.3 Å². The van der Waals surface area contributed by atoms with Gasteiger partial charge in [-0.25, -0.2) is 0 Å². The second kappa shape index (κ2) is 6.92. The van der Waals surface area contributed by atoms with Gasteiger partial charge in [-0.2, -0.15) is 5.26 Å². The van der Waals surface area contributed by atoms with Gasteiger partial charge in [-0.15, -0.1) is 0 Å². The van der Waals surface area contributed by atoms with Crippen molar-refractivity contribution < 1.29 is 14.3 Å². The summed E-state index contributed by atoms with van der Waals surface area (Å²) in [6.07, 6.45) is 0. The Morgan fingerprint density at radius 1 is 1.08 bits per heavy atom. The van der Waals surface area contributed by atoms with Crippen LogP contribution in [0.1, 0.15) is 12.5 Å². The molecule has 0 radical (unpaired) electrons. The lowest BCUT2D eigenvalue weighted by Gasteiger charge is -2.20. The van der Waals surface area contributed by atoms with Gasteiger partial charge in [-0.05, 0) is 43.3 Å². The van der Waals surface area contributed by atoms with Crippen LogP contribution in [-0.2, 0) is 4.79 Å². The van der Waals surface area contributed by atoms with Crippen molar-refractivity contribution in [2.24, 2.45) is 0 Å². The van der Waals surface area contributed by atoms with Crippen molar-refractivity contribution in [3.8, 4) is 17.6 Å². The Bertz CT molecular complexity index is 781. The highest BCUT2D eigenvalue weighted by molar-refractivity contribution is 5.96. The Labute approximate surface area is 140 Å². The van der Waals surface area contributed by atoms with Crippen LogP contribution in [0.5, 0.6) is 11.5 Å². The Balaban J connectivity index is 1.62. The minimum absolute atomic E-state index is 0.172. The maximum absolute atomic E-state index is 12.3. The van der Waals surface area contributed by atoms with E-state index in [9.17, 15) is 4.79 Å². The van der Waals surface area contributed by atoms with Crippen LogP contribution in [0.15, 0.2) is 42.5 Å². The molecule has 6 nitrogen and oxygen atoms in total. The summed E-state index contributed by atoms with van der Waals surface area (Å²) >= 11 is 0. The lowest BCUT2D eigenvalue weighted by Crippen LogP contribution is -2.31. The molecule has 0 bridgehead atoms. The third-order valence-electron chi connectivity index (χ3n) is 3.60. The number of nitriles is 1. The van der Waals surface area contributed by atoms with E-state index in [-0.39, 0.29) is 5.91 Å². The fourth-order valence-electron chi connectivity index (χ4n) is 2.33. The Morgan fingerprint density at radius 2 is 1.75 bits per heavy atom. The minimum atomic E-state index is -0.441. The quantitative estimate of drug-likeness (QED) is 0.904. The molecule has 2 aromatic rings. The van der Waals surface area contributed by atoms with E-state index in [4.69, 9.17) is 14.7 Å². The molecular weight excluding hydrogens is 306 g/mol. The van der Waals surface area contributed by atoms with Gasteiger partial charge in [-0.1, -0.05) is 0 Å². The zero-order valence-electron chi connectivity index (χ0n) is 13.2. The number of rotatable bonds is 4. The van der Waals surface area contributed by atoms with Crippen molar-refractivity contribution >= 4 is 17.3 Å². The first-order chi connectivity index (χ1) is 11.7. The van der Waals surface area contributed by atoms with E-state index in [1.165, 1.54) is 0 Å². The molecule has 1 heterocycles. The number of anilines is 2. The molecule has 0 aromatic heterocycles. The standard InChI is InChI=1S/C18H17N3O3/c1-12(18(22)21-14-4-2-13(11-19)3-5-14)20-15-6-7-16-17(10-15)24-9-8-23-16/h2-7,10,12,20H,8-9H2,1H3,(H,21,22)/t12-/m1/s1. The number of hydrogen-bond donors (Lipinski definition) is 2. The van der Waals surface area contributed by atoms with Gasteiger partial charge in [-0.3, -0.25) is 4.79 Å². The van der Waals surface area contributed by atoms with E-state index in [1.54, 1.807) is 31.2 Å². The van der Waals surface area contributed by atoms with Crippen LogP contribution >= 0.6 is 0 Å². The fraction of sp³-hybridized carbons (Fsp3) is 0.222. The molecule has 122 valence electrons. The number of amides is 1. The molecule has 6 heteroatoms. The lowest BCUT2D eigenvalue weighted by molar-refractivity contribution is -0.116. The number of benzene rings is 2. The van der Waals surface area contributed by atoms with Crippen molar-refractivity contribution in [1.29, 1.82) is 5.26 Å². The monoisotopic (exact) mass is 323 g/mol. The molecule has 1 aliphatic rings. The van der Waals surface area contributed by atoms with E-state index in [2.05, 4.69) is 10.6 Å². The molecule has 1 amide bonds. The van der Waals surface area contributed by atoms with Crippen LogP contribution in [-0.4, -0.2) is 25.2 Å². The predicted molar refractivity (Wildman–Crippen MR) is 90.3 cm³/mol. The van der Waals surface area contributed by atoms with Crippen molar-refractivity contribution in [3.05, 3.63) is 48.0 Å². The number of hydrogen-bond acceptors (Lipinski definition) is 5. The molecule has 2 N–H and O–H groups in total. The van der Waals surface area contributed by atoms with E-state index < -0.39 is 6.04 Å². The van der Waals surface area contributed by atoms with Gasteiger partial charge < -0.3 is 20.1 Å². The SMILES string of the molecule is C[C@@H](Nc1ccc2c(c1)OCCO2)C(=O)Nc1ccc(C#N)cc1. The summed E-state index contributed by atoms with van der Waals surface area (Å²) in [7, 11) is 0. The zero-order valence-corrected chi connectivity index (χ0v) is 13.2. The van der Waals surface area contributed by atoms with Gasteiger partial charge in [0, 0.05) is 17.4 Å². The Morgan fingerprint density at radius 3 is 2.46 bits per heavy atom. The molecule has 0 saturated carbocycles. The molecular formula is C18H17N3O3. The normalized spacial score (nSPS) is 13.5. The predicted octanol–water partition coefficient (Wildman–Crippen LogP) is 2.77. The molecule has 2 aromatic carbocycles. The fourth-order valence-corrected chi connectivity index (χ4v) is 2.33. The summed E-state index contributed by atoms with van der Waals surface area (Å²) in [6, 6.07) is 13.8. The van der Waals surface area contributed by atoms with Gasteiger partial charge in [0.15, 0.2) is 11.5 Å². The number of carbonyl (C=O) groups is 1. The number of nitrogens with one attached hydrogen (secondary N) is 2. The molecule has 3 rings (SSSR count). The highest BCUT2D eigenvalue weighted by Crippen LogP contribution is 2.32. The van der Waals surface area contributed by atoms with Crippen LogP contribution in [0.3, 0.4) is 0 Å². The second-order valence-electron chi connectivity index (χ2n) is 5.40. The molecule has 24 heavy (non-hydrogen) atoms.